The molecule has 0 fully saturated rings. The SMILES string of the molecule is COc1ccc(C=C2CCc3c2nc2ccccc2c3C(=O)OCCOc2ccccc2Cl)cc1. The molecule has 0 aliphatic heterocycles. The topological polar surface area (TPSA) is 57.7 Å². The number of fused-ring (bicyclic) bond motifs is 2. The zero-order chi connectivity index (χ0) is 24.2. The molecule has 0 bridgehead atoms. The molecule has 0 atom stereocenters. The van der Waals surface area contributed by atoms with Crippen molar-refractivity contribution < 1.29 is 19.0 Å². The van der Waals surface area contributed by atoms with Gasteiger partial charge in [0.05, 0.1) is 28.9 Å². The summed E-state index contributed by atoms with van der Waals surface area (Å²) in [5, 5.41) is 1.32. The summed E-state index contributed by atoms with van der Waals surface area (Å²) in [6.45, 7) is 0.327. The molecule has 0 saturated heterocycles. The normalized spacial score (nSPS) is 13.6. The largest absolute Gasteiger partial charge is 0.497 e. The molecule has 0 unspecified atom stereocenters. The number of esters is 1. The first-order chi connectivity index (χ1) is 17.1. The Morgan fingerprint density at radius 1 is 0.971 bits per heavy atom. The van der Waals surface area contributed by atoms with Crippen molar-refractivity contribution in [3.63, 3.8) is 0 Å². The maximum atomic E-state index is 13.3. The van der Waals surface area contributed by atoms with E-state index in [1.807, 2.05) is 60.7 Å². The summed E-state index contributed by atoms with van der Waals surface area (Å²) in [5.74, 6) is 1.01. The number of methoxy groups -OCH3 is 1. The summed E-state index contributed by atoms with van der Waals surface area (Å²) in [6.07, 6.45) is 3.66. The molecule has 0 radical (unpaired) electrons. The van der Waals surface area contributed by atoms with Gasteiger partial charge in [0.1, 0.15) is 24.7 Å². The third-order valence-electron chi connectivity index (χ3n) is 6.01. The van der Waals surface area contributed by atoms with Gasteiger partial charge in [-0.25, -0.2) is 9.78 Å². The molecule has 5 rings (SSSR count). The van der Waals surface area contributed by atoms with E-state index in [2.05, 4.69) is 6.08 Å². The average molecular weight is 486 g/mol. The van der Waals surface area contributed by atoms with Gasteiger partial charge in [-0.05, 0) is 65.9 Å². The molecule has 1 aliphatic carbocycles. The Morgan fingerprint density at radius 2 is 1.74 bits per heavy atom. The van der Waals surface area contributed by atoms with Gasteiger partial charge < -0.3 is 14.2 Å². The van der Waals surface area contributed by atoms with Crippen LogP contribution in [0.5, 0.6) is 11.5 Å². The van der Waals surface area contributed by atoms with Gasteiger partial charge in [-0.2, -0.15) is 0 Å². The Balaban J connectivity index is 1.40. The van der Waals surface area contributed by atoms with E-state index in [9.17, 15) is 4.79 Å². The van der Waals surface area contributed by atoms with Gasteiger partial charge in [-0.3, -0.25) is 0 Å². The van der Waals surface area contributed by atoms with Crippen molar-refractivity contribution in [1.82, 2.24) is 4.98 Å². The number of hydrogen-bond donors (Lipinski definition) is 0. The lowest BCUT2D eigenvalue weighted by molar-refractivity contribution is 0.0451. The quantitative estimate of drug-likeness (QED) is 0.217. The molecule has 35 heavy (non-hydrogen) atoms. The average Bonchev–Trinajstić information content (AvgIpc) is 3.28. The van der Waals surface area contributed by atoms with E-state index in [0.29, 0.717) is 16.3 Å². The number of rotatable bonds is 7. The molecular weight excluding hydrogens is 462 g/mol. The Hall–Kier alpha value is -3.83. The first-order valence-corrected chi connectivity index (χ1v) is 11.8. The number of carbonyl (C=O) groups excluding carboxylic acids is 1. The Kier molecular flexibility index (Phi) is 6.68. The van der Waals surface area contributed by atoms with Gasteiger partial charge in [0.25, 0.3) is 0 Å². The molecule has 0 saturated carbocycles. The molecule has 4 aromatic rings. The number of nitrogens with zero attached hydrogens (tertiary/aromatic N) is 1. The van der Waals surface area contributed by atoms with Crippen LogP contribution < -0.4 is 9.47 Å². The van der Waals surface area contributed by atoms with Gasteiger partial charge in [0.2, 0.25) is 0 Å². The van der Waals surface area contributed by atoms with Crippen molar-refractivity contribution in [1.29, 1.82) is 0 Å². The fraction of sp³-hybridized carbons (Fsp3) is 0.172. The number of carbonyl (C=O) groups is 1. The second kappa shape index (κ2) is 10.2. The van der Waals surface area contributed by atoms with Crippen LogP contribution in [-0.4, -0.2) is 31.3 Å². The summed E-state index contributed by atoms with van der Waals surface area (Å²) >= 11 is 6.13. The molecule has 6 heteroatoms. The highest BCUT2D eigenvalue weighted by molar-refractivity contribution is 6.32. The lowest BCUT2D eigenvalue weighted by Gasteiger charge is -2.13. The van der Waals surface area contributed by atoms with Gasteiger partial charge in [-0.1, -0.05) is 54.1 Å². The maximum absolute atomic E-state index is 13.3. The molecule has 0 spiro atoms. The second-order valence-corrected chi connectivity index (χ2v) is 8.60. The number of allylic oxidation sites excluding steroid dienone is 1. The summed E-state index contributed by atoms with van der Waals surface area (Å²) in [5.41, 5.74) is 5.31. The van der Waals surface area contributed by atoms with E-state index in [4.69, 9.17) is 30.8 Å². The van der Waals surface area contributed by atoms with E-state index in [1.165, 1.54) is 0 Å². The summed E-state index contributed by atoms with van der Waals surface area (Å²) in [6, 6.07) is 22.8. The lowest BCUT2D eigenvalue weighted by atomic mass is 10.0. The third kappa shape index (κ3) is 4.86. The number of aromatic nitrogens is 1. The molecule has 0 amide bonds. The summed E-state index contributed by atoms with van der Waals surface area (Å²) in [7, 11) is 1.65. The van der Waals surface area contributed by atoms with Crippen LogP contribution in [0.2, 0.25) is 5.02 Å². The third-order valence-corrected chi connectivity index (χ3v) is 6.33. The minimum absolute atomic E-state index is 0.115. The van der Waals surface area contributed by atoms with Crippen molar-refractivity contribution in [3.8, 4) is 11.5 Å². The van der Waals surface area contributed by atoms with E-state index in [1.54, 1.807) is 19.2 Å². The molecule has 1 aromatic heterocycles. The predicted octanol–water partition coefficient (Wildman–Crippen LogP) is 6.62. The van der Waals surface area contributed by atoms with Gasteiger partial charge in [-0.15, -0.1) is 0 Å². The highest BCUT2D eigenvalue weighted by Gasteiger charge is 2.27. The van der Waals surface area contributed by atoms with Crippen LogP contribution in [0.1, 0.15) is 33.6 Å². The lowest BCUT2D eigenvalue weighted by Crippen LogP contribution is -2.15. The number of para-hydroxylation sites is 2. The van der Waals surface area contributed by atoms with Crippen molar-refractivity contribution in [2.45, 2.75) is 12.8 Å². The molecule has 1 aliphatic rings. The first kappa shape index (κ1) is 22.9. The summed E-state index contributed by atoms with van der Waals surface area (Å²) < 4.78 is 16.6. The molecule has 5 nitrogen and oxygen atoms in total. The Bertz CT molecular complexity index is 1410. The Labute approximate surface area is 208 Å². The van der Waals surface area contributed by atoms with Crippen LogP contribution in [0.25, 0.3) is 22.6 Å². The van der Waals surface area contributed by atoms with Crippen LogP contribution in [0.3, 0.4) is 0 Å². The standard InChI is InChI=1S/C29H24ClNO4/c1-33-21-13-10-19(11-14-21)18-20-12-15-23-27(22-6-2-4-8-25(22)31-28(20)23)29(32)35-17-16-34-26-9-5-3-7-24(26)30/h2-11,13-14,18H,12,15-17H2,1H3. The van der Waals surface area contributed by atoms with Crippen LogP contribution in [0.4, 0.5) is 0 Å². The van der Waals surface area contributed by atoms with Crippen LogP contribution in [-0.2, 0) is 11.2 Å². The van der Waals surface area contributed by atoms with E-state index in [-0.39, 0.29) is 19.2 Å². The van der Waals surface area contributed by atoms with Crippen LogP contribution in [0, 0.1) is 0 Å². The summed E-state index contributed by atoms with van der Waals surface area (Å²) in [4.78, 5) is 18.2. The van der Waals surface area contributed by atoms with Gasteiger partial charge in [0, 0.05) is 5.39 Å². The molecule has 0 N–H and O–H groups in total. The van der Waals surface area contributed by atoms with Crippen LogP contribution >= 0.6 is 11.6 Å². The van der Waals surface area contributed by atoms with Crippen molar-refractivity contribution in [2.24, 2.45) is 0 Å². The predicted molar refractivity (Wildman–Crippen MR) is 138 cm³/mol. The number of pyridine rings is 1. The fourth-order valence-corrected chi connectivity index (χ4v) is 4.52. The van der Waals surface area contributed by atoms with Crippen molar-refractivity contribution >= 4 is 40.1 Å². The van der Waals surface area contributed by atoms with Gasteiger partial charge >= 0.3 is 5.97 Å². The van der Waals surface area contributed by atoms with Crippen molar-refractivity contribution in [2.75, 3.05) is 20.3 Å². The smallest absolute Gasteiger partial charge is 0.339 e. The van der Waals surface area contributed by atoms with Crippen molar-refractivity contribution in [3.05, 3.63) is 100 Å². The monoisotopic (exact) mass is 485 g/mol. The molecule has 176 valence electrons. The zero-order valence-electron chi connectivity index (χ0n) is 19.3. The van der Waals surface area contributed by atoms with Crippen LogP contribution in [0.15, 0.2) is 72.8 Å². The minimum atomic E-state index is -0.367. The van der Waals surface area contributed by atoms with E-state index >= 15 is 0 Å². The number of benzene rings is 3. The minimum Gasteiger partial charge on any atom is -0.497 e. The second-order valence-electron chi connectivity index (χ2n) is 8.19. The molecule has 3 aromatic carbocycles. The Morgan fingerprint density at radius 3 is 2.54 bits per heavy atom. The highest BCUT2D eigenvalue weighted by Crippen LogP contribution is 2.38. The van der Waals surface area contributed by atoms with E-state index in [0.717, 1.165) is 51.9 Å². The fourth-order valence-electron chi connectivity index (χ4n) is 4.33. The maximum Gasteiger partial charge on any atom is 0.339 e. The van der Waals surface area contributed by atoms with E-state index < -0.39 is 0 Å². The number of halogens is 1. The number of ether oxygens (including phenoxy) is 3. The molecular formula is C29H24ClNO4. The first-order valence-electron chi connectivity index (χ1n) is 11.4. The zero-order valence-corrected chi connectivity index (χ0v) is 20.0. The molecule has 1 heterocycles. The number of hydrogen-bond acceptors (Lipinski definition) is 5. The van der Waals surface area contributed by atoms with Gasteiger partial charge in [0.15, 0.2) is 0 Å². The highest BCUT2D eigenvalue weighted by atomic mass is 35.5.